The third-order valence-corrected chi connectivity index (χ3v) is 2.91. The van der Waals surface area contributed by atoms with E-state index in [1.54, 1.807) is 12.1 Å². The molecular weight excluding hydrogens is 275 g/mol. The minimum absolute atomic E-state index is 0.0142. The highest BCUT2D eigenvalue weighted by molar-refractivity contribution is 5.53. The summed E-state index contributed by atoms with van der Waals surface area (Å²) in [6, 6.07) is 9.81. The van der Waals surface area contributed by atoms with Crippen molar-refractivity contribution in [2.75, 3.05) is 0 Å². The van der Waals surface area contributed by atoms with Gasteiger partial charge in [0.1, 0.15) is 17.6 Å². The first-order valence-electron chi connectivity index (χ1n) is 6.20. The predicted molar refractivity (Wildman–Crippen MR) is 73.7 cm³/mol. The highest BCUT2D eigenvalue weighted by Gasteiger charge is 2.18. The van der Waals surface area contributed by atoms with Gasteiger partial charge in [0.2, 0.25) is 5.75 Å². The predicted octanol–water partition coefficient (Wildman–Crippen LogP) is 3.96. The largest absolute Gasteiger partial charge is 0.449 e. The number of aryl methyl sites for hydroxylation is 1. The van der Waals surface area contributed by atoms with Gasteiger partial charge in [0.25, 0.3) is 0 Å². The first-order valence-corrected chi connectivity index (χ1v) is 6.20. The summed E-state index contributed by atoms with van der Waals surface area (Å²) in [5, 5.41) is 20.0. The van der Waals surface area contributed by atoms with E-state index in [1.165, 1.54) is 18.2 Å². The van der Waals surface area contributed by atoms with Gasteiger partial charge in [-0.25, -0.2) is 4.39 Å². The van der Waals surface area contributed by atoms with E-state index >= 15 is 0 Å². The van der Waals surface area contributed by atoms with Crippen molar-refractivity contribution in [3.8, 4) is 17.6 Å². The number of ether oxygens (including phenoxy) is 1. The van der Waals surface area contributed by atoms with Crippen LogP contribution in [0.15, 0.2) is 36.4 Å². The second-order valence-corrected chi connectivity index (χ2v) is 4.27. The third-order valence-electron chi connectivity index (χ3n) is 2.91. The van der Waals surface area contributed by atoms with E-state index in [4.69, 9.17) is 10.00 Å². The molecule has 0 N–H and O–H groups in total. The number of hydrogen-bond donors (Lipinski definition) is 0. The molecule has 0 saturated carbocycles. The quantitative estimate of drug-likeness (QED) is 0.629. The molecule has 0 heterocycles. The van der Waals surface area contributed by atoms with Crippen LogP contribution in [-0.4, -0.2) is 4.92 Å². The molecule has 2 aromatic carbocycles. The average Bonchev–Trinajstić information content (AvgIpc) is 2.49. The summed E-state index contributed by atoms with van der Waals surface area (Å²) in [5.41, 5.74) is 0.583. The second-order valence-electron chi connectivity index (χ2n) is 4.27. The molecular formula is C15H11FN2O3. The normalized spacial score (nSPS) is 9.95. The van der Waals surface area contributed by atoms with Gasteiger partial charge in [0.15, 0.2) is 0 Å². The Hall–Kier alpha value is -2.94. The first kappa shape index (κ1) is 14.5. The molecule has 5 nitrogen and oxygen atoms in total. The fourth-order valence-corrected chi connectivity index (χ4v) is 1.81. The lowest BCUT2D eigenvalue weighted by atomic mass is 10.1. The number of nitro groups is 1. The molecule has 2 aromatic rings. The summed E-state index contributed by atoms with van der Waals surface area (Å²) < 4.78 is 18.5. The van der Waals surface area contributed by atoms with Gasteiger partial charge in [0.05, 0.1) is 10.5 Å². The van der Waals surface area contributed by atoms with Crippen molar-refractivity contribution in [2.24, 2.45) is 0 Å². The van der Waals surface area contributed by atoms with Gasteiger partial charge in [-0.05, 0) is 36.2 Å². The Morgan fingerprint density at radius 3 is 2.62 bits per heavy atom. The number of rotatable bonds is 4. The second kappa shape index (κ2) is 6.01. The van der Waals surface area contributed by atoms with E-state index in [2.05, 4.69) is 0 Å². The zero-order valence-corrected chi connectivity index (χ0v) is 11.2. The Morgan fingerprint density at radius 2 is 2.00 bits per heavy atom. The van der Waals surface area contributed by atoms with Crippen molar-refractivity contribution in [2.45, 2.75) is 13.3 Å². The van der Waals surface area contributed by atoms with Crippen LogP contribution in [0.2, 0.25) is 0 Å². The fraction of sp³-hybridized carbons (Fsp3) is 0.133. The zero-order chi connectivity index (χ0) is 15.4. The minimum atomic E-state index is -0.574. The van der Waals surface area contributed by atoms with E-state index in [0.29, 0.717) is 6.42 Å². The standard InChI is InChI=1S/C15H11FN2O3/c1-2-10-3-5-15(13(7-10)18(19)20)21-14-6-4-12(16)8-11(14)9-17/h3-8H,2H2,1H3. The lowest BCUT2D eigenvalue weighted by Crippen LogP contribution is -1.96. The van der Waals surface area contributed by atoms with E-state index in [1.807, 2.05) is 6.92 Å². The SMILES string of the molecule is CCc1ccc(Oc2ccc(F)cc2C#N)c([N+](=O)[O-])c1. The van der Waals surface area contributed by atoms with Gasteiger partial charge in [-0.3, -0.25) is 10.1 Å². The molecule has 0 atom stereocenters. The fourth-order valence-electron chi connectivity index (χ4n) is 1.81. The van der Waals surface area contributed by atoms with Crippen LogP contribution < -0.4 is 4.74 Å². The van der Waals surface area contributed by atoms with Crippen LogP contribution in [0.4, 0.5) is 10.1 Å². The van der Waals surface area contributed by atoms with Crippen LogP contribution in [0.3, 0.4) is 0 Å². The summed E-state index contributed by atoms with van der Waals surface area (Å²) in [4.78, 5) is 10.5. The molecule has 0 bridgehead atoms. The lowest BCUT2D eigenvalue weighted by molar-refractivity contribution is -0.385. The minimum Gasteiger partial charge on any atom is -0.449 e. The topological polar surface area (TPSA) is 76.2 Å². The number of benzene rings is 2. The third kappa shape index (κ3) is 3.15. The maximum Gasteiger partial charge on any atom is 0.311 e. The zero-order valence-electron chi connectivity index (χ0n) is 11.2. The molecule has 6 heteroatoms. The Bertz CT molecular complexity index is 738. The molecule has 106 valence electrons. The molecule has 0 radical (unpaired) electrons. The van der Waals surface area contributed by atoms with Gasteiger partial charge >= 0.3 is 5.69 Å². The molecule has 0 amide bonds. The Labute approximate surface area is 120 Å². The van der Waals surface area contributed by atoms with Crippen LogP contribution in [0.25, 0.3) is 0 Å². The van der Waals surface area contributed by atoms with Crippen molar-refractivity contribution in [3.05, 3.63) is 63.5 Å². The number of nitrogens with zero attached hydrogens (tertiary/aromatic N) is 2. The first-order chi connectivity index (χ1) is 10.0. The summed E-state index contributed by atoms with van der Waals surface area (Å²) in [6.45, 7) is 1.88. The van der Waals surface area contributed by atoms with E-state index in [0.717, 1.165) is 17.7 Å². The number of nitriles is 1. The van der Waals surface area contributed by atoms with Crippen molar-refractivity contribution in [1.82, 2.24) is 0 Å². The Balaban J connectivity index is 2.45. The Kier molecular flexibility index (Phi) is 4.14. The number of hydrogen-bond acceptors (Lipinski definition) is 4. The summed E-state index contributed by atoms with van der Waals surface area (Å²) in [6.07, 6.45) is 0.654. The molecule has 0 aliphatic rings. The van der Waals surface area contributed by atoms with Crippen LogP contribution >= 0.6 is 0 Å². The molecule has 0 aliphatic heterocycles. The van der Waals surface area contributed by atoms with E-state index in [-0.39, 0.29) is 22.7 Å². The highest BCUT2D eigenvalue weighted by Crippen LogP contribution is 2.33. The molecule has 0 aromatic heterocycles. The van der Waals surface area contributed by atoms with Gasteiger partial charge < -0.3 is 4.74 Å². The molecule has 0 saturated heterocycles. The maximum atomic E-state index is 13.1. The molecule has 0 unspecified atom stereocenters. The van der Waals surface area contributed by atoms with Gasteiger partial charge in [-0.15, -0.1) is 0 Å². The summed E-state index contributed by atoms with van der Waals surface area (Å²) >= 11 is 0. The van der Waals surface area contributed by atoms with Crippen molar-refractivity contribution in [1.29, 1.82) is 5.26 Å². The van der Waals surface area contributed by atoms with Crippen LogP contribution in [0, 0.1) is 27.3 Å². The molecule has 0 aliphatic carbocycles. The summed E-state index contributed by atoms with van der Waals surface area (Å²) in [7, 11) is 0. The van der Waals surface area contributed by atoms with Crippen LogP contribution in [0.5, 0.6) is 11.5 Å². The monoisotopic (exact) mass is 286 g/mol. The van der Waals surface area contributed by atoms with Crippen LogP contribution in [-0.2, 0) is 6.42 Å². The van der Waals surface area contributed by atoms with E-state index in [9.17, 15) is 14.5 Å². The van der Waals surface area contributed by atoms with E-state index < -0.39 is 10.7 Å². The highest BCUT2D eigenvalue weighted by atomic mass is 19.1. The van der Waals surface area contributed by atoms with Crippen molar-refractivity contribution in [3.63, 3.8) is 0 Å². The van der Waals surface area contributed by atoms with Gasteiger partial charge in [-0.2, -0.15) is 5.26 Å². The molecule has 0 fully saturated rings. The smallest absolute Gasteiger partial charge is 0.311 e. The molecule has 0 spiro atoms. The number of halogens is 1. The van der Waals surface area contributed by atoms with Gasteiger partial charge in [0, 0.05) is 6.07 Å². The van der Waals surface area contributed by atoms with Crippen molar-refractivity contribution >= 4 is 5.69 Å². The molecule has 2 rings (SSSR count). The lowest BCUT2D eigenvalue weighted by Gasteiger charge is -2.08. The number of nitro benzene ring substituents is 1. The average molecular weight is 286 g/mol. The van der Waals surface area contributed by atoms with Gasteiger partial charge in [-0.1, -0.05) is 13.0 Å². The molecule has 21 heavy (non-hydrogen) atoms. The van der Waals surface area contributed by atoms with Crippen molar-refractivity contribution < 1.29 is 14.1 Å². The van der Waals surface area contributed by atoms with Crippen LogP contribution in [0.1, 0.15) is 18.1 Å². The summed E-state index contributed by atoms with van der Waals surface area (Å²) in [5.74, 6) is -0.485. The Morgan fingerprint density at radius 1 is 1.29 bits per heavy atom. The maximum absolute atomic E-state index is 13.1.